The van der Waals surface area contributed by atoms with Gasteiger partial charge in [0.2, 0.25) is 0 Å². The van der Waals surface area contributed by atoms with E-state index < -0.39 is 0 Å². The van der Waals surface area contributed by atoms with E-state index >= 15 is 0 Å². The average molecular weight is 404 g/mol. The number of thiocarbonyl (C=S) groups is 1. The molecule has 0 aromatic heterocycles. The summed E-state index contributed by atoms with van der Waals surface area (Å²) >= 11 is 11.7. The smallest absolute Gasteiger partial charge is 0.170 e. The Balaban J connectivity index is 1.64. The van der Waals surface area contributed by atoms with E-state index in [1.807, 2.05) is 37.3 Å². The molecule has 1 fully saturated rings. The number of anilines is 1. The van der Waals surface area contributed by atoms with Gasteiger partial charge in [0.05, 0.1) is 13.2 Å². The first-order chi connectivity index (χ1) is 13.1. The van der Waals surface area contributed by atoms with Gasteiger partial charge in [-0.25, -0.2) is 0 Å². The Morgan fingerprint density at radius 3 is 2.52 bits per heavy atom. The second-order valence-electron chi connectivity index (χ2n) is 6.83. The lowest BCUT2D eigenvalue weighted by Crippen LogP contribution is -2.38. The molecule has 0 spiro atoms. The van der Waals surface area contributed by atoms with E-state index in [2.05, 4.69) is 27.7 Å². The molecule has 144 valence electrons. The quantitative estimate of drug-likeness (QED) is 0.679. The van der Waals surface area contributed by atoms with Crippen LogP contribution in [0.4, 0.5) is 5.69 Å². The highest BCUT2D eigenvalue weighted by molar-refractivity contribution is 7.80. The van der Waals surface area contributed by atoms with Crippen molar-refractivity contribution >= 4 is 34.6 Å². The monoisotopic (exact) mass is 403 g/mol. The first-order valence-corrected chi connectivity index (χ1v) is 10.0. The Kier molecular flexibility index (Phi) is 6.94. The van der Waals surface area contributed by atoms with Crippen LogP contribution in [-0.4, -0.2) is 36.8 Å². The molecule has 4 nitrogen and oxygen atoms in total. The molecule has 0 aliphatic carbocycles. The van der Waals surface area contributed by atoms with Crippen molar-refractivity contribution in [3.05, 3.63) is 58.6 Å². The zero-order chi connectivity index (χ0) is 19.2. The van der Waals surface area contributed by atoms with E-state index in [-0.39, 0.29) is 6.04 Å². The van der Waals surface area contributed by atoms with Gasteiger partial charge in [0.1, 0.15) is 5.75 Å². The fourth-order valence-corrected chi connectivity index (χ4v) is 3.75. The van der Waals surface area contributed by atoms with Crippen LogP contribution < -0.4 is 15.4 Å². The number of halogens is 1. The number of nitrogens with zero attached hydrogens (tertiary/aromatic N) is 1. The van der Waals surface area contributed by atoms with Gasteiger partial charge in [0.25, 0.3) is 0 Å². The number of aryl methyl sites for hydroxylation is 1. The van der Waals surface area contributed by atoms with Crippen molar-refractivity contribution in [2.24, 2.45) is 0 Å². The summed E-state index contributed by atoms with van der Waals surface area (Å²) in [5.41, 5.74) is 3.21. The molecular formula is C21H26ClN3OS. The van der Waals surface area contributed by atoms with Crippen LogP contribution in [0.15, 0.2) is 42.5 Å². The minimum Gasteiger partial charge on any atom is -0.497 e. The topological polar surface area (TPSA) is 36.5 Å². The average Bonchev–Trinajstić information content (AvgIpc) is 3.20. The second kappa shape index (κ2) is 9.40. The number of methoxy groups -OCH3 is 1. The van der Waals surface area contributed by atoms with Crippen LogP contribution in [-0.2, 0) is 0 Å². The third kappa shape index (κ3) is 5.34. The van der Waals surface area contributed by atoms with Gasteiger partial charge in [0, 0.05) is 17.3 Å². The molecule has 1 atom stereocenters. The van der Waals surface area contributed by atoms with E-state index in [0.29, 0.717) is 5.11 Å². The van der Waals surface area contributed by atoms with E-state index in [1.165, 1.54) is 18.4 Å². The van der Waals surface area contributed by atoms with Crippen LogP contribution >= 0.6 is 23.8 Å². The minimum absolute atomic E-state index is 0.278. The van der Waals surface area contributed by atoms with Gasteiger partial charge in [-0.15, -0.1) is 0 Å². The number of ether oxygens (including phenoxy) is 1. The lowest BCUT2D eigenvalue weighted by Gasteiger charge is -2.29. The maximum absolute atomic E-state index is 6.20. The summed E-state index contributed by atoms with van der Waals surface area (Å²) in [6, 6.07) is 14.5. The summed E-state index contributed by atoms with van der Waals surface area (Å²) in [6.07, 6.45) is 2.49. The van der Waals surface area contributed by atoms with Crippen molar-refractivity contribution in [1.82, 2.24) is 10.2 Å². The van der Waals surface area contributed by atoms with Crippen molar-refractivity contribution in [2.45, 2.75) is 25.8 Å². The number of benzene rings is 2. The van der Waals surface area contributed by atoms with Gasteiger partial charge < -0.3 is 15.4 Å². The summed E-state index contributed by atoms with van der Waals surface area (Å²) in [4.78, 5) is 2.51. The van der Waals surface area contributed by atoms with E-state index in [9.17, 15) is 0 Å². The van der Waals surface area contributed by atoms with E-state index in [1.54, 1.807) is 7.11 Å². The molecule has 1 aliphatic heterocycles. The largest absolute Gasteiger partial charge is 0.497 e. The molecule has 1 heterocycles. The van der Waals surface area contributed by atoms with Gasteiger partial charge in [-0.3, -0.25) is 4.90 Å². The Morgan fingerprint density at radius 2 is 1.89 bits per heavy atom. The van der Waals surface area contributed by atoms with Gasteiger partial charge in [-0.05, 0) is 80.5 Å². The lowest BCUT2D eigenvalue weighted by molar-refractivity contribution is 0.246. The molecule has 0 amide bonds. The molecule has 2 aromatic carbocycles. The van der Waals surface area contributed by atoms with Crippen LogP contribution in [0.5, 0.6) is 5.75 Å². The minimum atomic E-state index is 0.278. The first-order valence-electron chi connectivity index (χ1n) is 9.26. The fraction of sp³-hybridized carbons (Fsp3) is 0.381. The molecule has 0 radical (unpaired) electrons. The Labute approximate surface area is 171 Å². The highest BCUT2D eigenvalue weighted by atomic mass is 35.5. The molecule has 0 saturated carbocycles. The molecular weight excluding hydrogens is 378 g/mol. The van der Waals surface area contributed by atoms with Gasteiger partial charge in [-0.1, -0.05) is 29.8 Å². The molecule has 1 saturated heterocycles. The van der Waals surface area contributed by atoms with E-state index in [4.69, 9.17) is 28.6 Å². The SMILES string of the molecule is COc1ccc([C@H](CNC(=S)Nc2ccc(C)c(Cl)c2)N2CCCC2)cc1. The van der Waals surface area contributed by atoms with Crippen molar-refractivity contribution < 1.29 is 4.74 Å². The second-order valence-corrected chi connectivity index (χ2v) is 7.65. The Hall–Kier alpha value is -1.82. The standard InChI is InChI=1S/C21H26ClN3OS/c1-15-5-8-17(13-19(15)22)24-21(27)23-14-20(25-11-3-4-12-25)16-6-9-18(26-2)10-7-16/h5-10,13,20H,3-4,11-12,14H2,1-2H3,(H2,23,24,27)/t20-/m0/s1. The lowest BCUT2D eigenvalue weighted by atomic mass is 10.1. The molecule has 0 unspecified atom stereocenters. The summed E-state index contributed by atoms with van der Waals surface area (Å²) < 4.78 is 5.29. The third-order valence-electron chi connectivity index (χ3n) is 4.97. The van der Waals surface area contributed by atoms with Crippen LogP contribution in [0.25, 0.3) is 0 Å². The summed E-state index contributed by atoms with van der Waals surface area (Å²) in [5.74, 6) is 0.875. The van der Waals surface area contributed by atoms with Crippen molar-refractivity contribution in [1.29, 1.82) is 0 Å². The fourth-order valence-electron chi connectivity index (χ4n) is 3.37. The zero-order valence-electron chi connectivity index (χ0n) is 15.8. The zero-order valence-corrected chi connectivity index (χ0v) is 17.4. The summed E-state index contributed by atoms with van der Waals surface area (Å²) in [6.45, 7) is 4.97. The highest BCUT2D eigenvalue weighted by Crippen LogP contribution is 2.26. The highest BCUT2D eigenvalue weighted by Gasteiger charge is 2.23. The Bertz CT molecular complexity index is 775. The molecule has 1 aliphatic rings. The number of hydrogen-bond donors (Lipinski definition) is 2. The summed E-state index contributed by atoms with van der Waals surface area (Å²) in [5, 5.41) is 7.93. The Morgan fingerprint density at radius 1 is 1.19 bits per heavy atom. The molecule has 2 N–H and O–H groups in total. The number of hydrogen-bond acceptors (Lipinski definition) is 3. The number of nitrogens with one attached hydrogen (secondary N) is 2. The van der Waals surface area contributed by atoms with Crippen LogP contribution in [0.1, 0.15) is 30.0 Å². The molecule has 0 bridgehead atoms. The summed E-state index contributed by atoms with van der Waals surface area (Å²) in [7, 11) is 1.69. The van der Waals surface area contributed by atoms with Gasteiger partial charge in [0.15, 0.2) is 5.11 Å². The molecule has 27 heavy (non-hydrogen) atoms. The number of rotatable bonds is 6. The van der Waals surface area contributed by atoms with Gasteiger partial charge in [-0.2, -0.15) is 0 Å². The molecule has 2 aromatic rings. The third-order valence-corrected chi connectivity index (χ3v) is 5.62. The maximum Gasteiger partial charge on any atom is 0.170 e. The molecule has 3 rings (SSSR count). The van der Waals surface area contributed by atoms with Crippen molar-refractivity contribution in [2.75, 3.05) is 32.1 Å². The van der Waals surface area contributed by atoms with Crippen molar-refractivity contribution in [3.8, 4) is 5.75 Å². The normalized spacial score (nSPS) is 15.4. The maximum atomic E-state index is 6.20. The van der Waals surface area contributed by atoms with Crippen LogP contribution in [0.2, 0.25) is 5.02 Å². The predicted molar refractivity (Wildman–Crippen MR) is 117 cm³/mol. The van der Waals surface area contributed by atoms with E-state index in [0.717, 1.165) is 41.7 Å². The molecule has 6 heteroatoms. The van der Waals surface area contributed by atoms with Gasteiger partial charge >= 0.3 is 0 Å². The van der Waals surface area contributed by atoms with Crippen LogP contribution in [0.3, 0.4) is 0 Å². The predicted octanol–water partition coefficient (Wildman–Crippen LogP) is 4.78. The first kappa shape index (κ1) is 19.9. The van der Waals surface area contributed by atoms with Crippen molar-refractivity contribution in [3.63, 3.8) is 0 Å². The number of likely N-dealkylation sites (tertiary alicyclic amines) is 1. The van der Waals surface area contributed by atoms with Crippen LogP contribution in [0, 0.1) is 6.92 Å².